The number of rotatable bonds is 6. The van der Waals surface area contributed by atoms with Crippen LogP contribution in [0.15, 0.2) is 84.9 Å². The summed E-state index contributed by atoms with van der Waals surface area (Å²) < 4.78 is 16.9. The zero-order valence-corrected chi connectivity index (χ0v) is 21.2. The molecule has 0 aliphatic carbocycles. The molecule has 2 saturated heterocycles. The summed E-state index contributed by atoms with van der Waals surface area (Å²) in [4.78, 5) is 35.6. The molecule has 0 unspecified atom stereocenters. The second kappa shape index (κ2) is 9.39. The van der Waals surface area contributed by atoms with Gasteiger partial charge in [0.05, 0.1) is 32.7 Å². The Hall–Kier alpha value is -4.56. The van der Waals surface area contributed by atoms with Crippen molar-refractivity contribution in [3.05, 3.63) is 90.5 Å². The number of carbonyl (C=O) groups is 2. The minimum atomic E-state index is -1.01. The molecule has 2 fully saturated rings. The molecular weight excluding hydrogens is 484 g/mol. The number of hydrogen-bond donors (Lipinski definition) is 0. The molecule has 4 aromatic carbocycles. The number of ether oxygens (including phenoxy) is 3. The number of carbonyl (C=O) groups excluding carboxylic acids is 2. The predicted molar refractivity (Wildman–Crippen MR) is 143 cm³/mol. The van der Waals surface area contributed by atoms with Gasteiger partial charge in [0.15, 0.2) is 17.6 Å². The summed E-state index contributed by atoms with van der Waals surface area (Å²) in [7, 11) is 4.60. The summed E-state index contributed by atoms with van der Waals surface area (Å²) in [5, 5.41) is 3.39. The van der Waals surface area contributed by atoms with Crippen LogP contribution in [0.5, 0.6) is 17.2 Å². The normalized spacial score (nSPS) is 20.7. The van der Waals surface area contributed by atoms with Crippen molar-refractivity contribution in [3.8, 4) is 17.2 Å². The zero-order valence-electron chi connectivity index (χ0n) is 21.2. The van der Waals surface area contributed by atoms with Gasteiger partial charge in [-0.15, -0.1) is 0 Å². The third-order valence-electron chi connectivity index (χ3n) is 7.19. The molecule has 2 amide bonds. The number of imide groups is 1. The van der Waals surface area contributed by atoms with Gasteiger partial charge in [0.1, 0.15) is 12.0 Å². The Bertz CT molecular complexity index is 1530. The first kappa shape index (κ1) is 23.8. The lowest BCUT2D eigenvalue weighted by molar-refractivity contribution is -0.126. The number of para-hydroxylation sites is 1. The summed E-state index contributed by atoms with van der Waals surface area (Å²) in [6, 6.07) is 25.6. The maximum absolute atomic E-state index is 14.2. The van der Waals surface area contributed by atoms with Gasteiger partial charge in [-0.2, -0.15) is 0 Å². The molecular formula is C30H26N2O6. The van der Waals surface area contributed by atoms with E-state index in [-0.39, 0.29) is 5.91 Å². The van der Waals surface area contributed by atoms with Crippen LogP contribution in [-0.4, -0.2) is 39.2 Å². The fourth-order valence-electron chi connectivity index (χ4n) is 5.53. The highest BCUT2D eigenvalue weighted by molar-refractivity contribution is 6.26. The molecule has 192 valence electrons. The quantitative estimate of drug-likeness (QED) is 0.341. The summed E-state index contributed by atoms with van der Waals surface area (Å²) >= 11 is 0. The SMILES string of the molecule is COc1ccc([C@H]2[C@@H]3C(=O)N(c4cccc5ccccc45)C(=O)[C@H]3ON2c2ccccc2)c(OC)c1OC. The third kappa shape index (κ3) is 3.48. The Morgan fingerprint density at radius 1 is 0.711 bits per heavy atom. The van der Waals surface area contributed by atoms with Crippen LogP contribution in [0.2, 0.25) is 0 Å². The fraction of sp³-hybridized carbons (Fsp3) is 0.200. The Labute approximate surface area is 219 Å². The van der Waals surface area contributed by atoms with E-state index in [4.69, 9.17) is 19.0 Å². The van der Waals surface area contributed by atoms with E-state index in [0.29, 0.717) is 34.2 Å². The van der Waals surface area contributed by atoms with E-state index < -0.39 is 24.0 Å². The highest BCUT2D eigenvalue weighted by Gasteiger charge is 2.61. The van der Waals surface area contributed by atoms with Gasteiger partial charge in [-0.3, -0.25) is 14.4 Å². The van der Waals surface area contributed by atoms with Crippen molar-refractivity contribution in [1.29, 1.82) is 0 Å². The van der Waals surface area contributed by atoms with Gasteiger partial charge < -0.3 is 14.2 Å². The van der Waals surface area contributed by atoms with Crippen LogP contribution in [0.4, 0.5) is 11.4 Å². The van der Waals surface area contributed by atoms with E-state index in [1.807, 2.05) is 72.8 Å². The number of fused-ring (bicyclic) bond motifs is 2. The highest BCUT2D eigenvalue weighted by Crippen LogP contribution is 2.53. The largest absolute Gasteiger partial charge is 0.493 e. The predicted octanol–water partition coefficient (Wildman–Crippen LogP) is 4.92. The lowest BCUT2D eigenvalue weighted by Gasteiger charge is -2.30. The maximum Gasteiger partial charge on any atom is 0.266 e. The van der Waals surface area contributed by atoms with Crippen molar-refractivity contribution in [1.82, 2.24) is 0 Å². The van der Waals surface area contributed by atoms with Gasteiger partial charge in [-0.25, -0.2) is 9.96 Å². The number of anilines is 2. The monoisotopic (exact) mass is 510 g/mol. The van der Waals surface area contributed by atoms with E-state index >= 15 is 0 Å². The molecule has 38 heavy (non-hydrogen) atoms. The van der Waals surface area contributed by atoms with Gasteiger partial charge in [0.25, 0.3) is 5.91 Å². The van der Waals surface area contributed by atoms with Crippen LogP contribution in [0.1, 0.15) is 11.6 Å². The molecule has 0 saturated carbocycles. The Balaban J connectivity index is 1.51. The number of benzene rings is 4. The lowest BCUT2D eigenvalue weighted by Crippen LogP contribution is -2.37. The smallest absolute Gasteiger partial charge is 0.266 e. The van der Waals surface area contributed by atoms with Gasteiger partial charge in [-0.05, 0) is 35.7 Å². The molecule has 0 radical (unpaired) electrons. The summed E-state index contributed by atoms with van der Waals surface area (Å²) in [6.07, 6.45) is -1.01. The van der Waals surface area contributed by atoms with Gasteiger partial charge in [-0.1, -0.05) is 54.6 Å². The highest BCUT2D eigenvalue weighted by atomic mass is 16.7. The Morgan fingerprint density at radius 2 is 1.42 bits per heavy atom. The van der Waals surface area contributed by atoms with Crippen molar-refractivity contribution in [3.63, 3.8) is 0 Å². The first-order valence-corrected chi connectivity index (χ1v) is 12.2. The fourth-order valence-corrected chi connectivity index (χ4v) is 5.53. The molecule has 0 aromatic heterocycles. The molecule has 0 bridgehead atoms. The number of methoxy groups -OCH3 is 3. The molecule has 2 aliphatic rings. The number of hydrogen-bond acceptors (Lipinski definition) is 7. The standard InChI is InChI=1S/C30H26N2O6/c1-35-23-17-16-21(26(36-2)27(23)37-3)25-24-28(38-32(25)19-12-5-4-6-13-19)30(34)31(29(24)33)22-15-9-11-18-10-7-8-14-20(18)22/h4-17,24-25,28H,1-3H3/t24-,25-,28-/m0/s1. The average Bonchev–Trinajstić information content (AvgIpc) is 3.47. The Kier molecular flexibility index (Phi) is 5.88. The van der Waals surface area contributed by atoms with Crippen molar-refractivity contribution in [2.45, 2.75) is 12.1 Å². The summed E-state index contributed by atoms with van der Waals surface area (Å²) in [5.41, 5.74) is 1.89. The first-order valence-electron chi connectivity index (χ1n) is 12.2. The molecule has 8 nitrogen and oxygen atoms in total. The topological polar surface area (TPSA) is 77.5 Å². The second-order valence-electron chi connectivity index (χ2n) is 9.09. The molecule has 0 N–H and O–H groups in total. The van der Waals surface area contributed by atoms with E-state index in [2.05, 4.69) is 0 Å². The number of nitrogens with zero attached hydrogens (tertiary/aromatic N) is 2. The van der Waals surface area contributed by atoms with Crippen LogP contribution in [0.3, 0.4) is 0 Å². The van der Waals surface area contributed by atoms with E-state index in [1.54, 1.807) is 24.3 Å². The van der Waals surface area contributed by atoms with Crippen LogP contribution >= 0.6 is 0 Å². The maximum atomic E-state index is 14.2. The minimum absolute atomic E-state index is 0.336. The van der Waals surface area contributed by atoms with Crippen LogP contribution in [0.25, 0.3) is 10.8 Å². The molecule has 2 heterocycles. The number of amides is 2. The molecule has 2 aliphatic heterocycles. The van der Waals surface area contributed by atoms with Crippen molar-refractivity contribution in [2.75, 3.05) is 31.3 Å². The third-order valence-corrected chi connectivity index (χ3v) is 7.19. The van der Waals surface area contributed by atoms with Gasteiger partial charge in [0.2, 0.25) is 11.7 Å². The van der Waals surface area contributed by atoms with E-state index in [1.165, 1.54) is 19.1 Å². The Morgan fingerprint density at radius 3 is 2.16 bits per heavy atom. The van der Waals surface area contributed by atoms with Crippen LogP contribution in [-0.2, 0) is 14.4 Å². The second-order valence-corrected chi connectivity index (χ2v) is 9.09. The minimum Gasteiger partial charge on any atom is -0.493 e. The molecule has 8 heteroatoms. The van der Waals surface area contributed by atoms with Crippen LogP contribution < -0.4 is 24.2 Å². The van der Waals surface area contributed by atoms with Crippen molar-refractivity contribution < 1.29 is 28.6 Å². The first-order chi connectivity index (χ1) is 18.6. The van der Waals surface area contributed by atoms with E-state index in [0.717, 1.165) is 10.8 Å². The average molecular weight is 511 g/mol. The molecule has 6 rings (SSSR count). The van der Waals surface area contributed by atoms with Crippen LogP contribution in [0, 0.1) is 5.92 Å². The van der Waals surface area contributed by atoms with Gasteiger partial charge >= 0.3 is 0 Å². The number of hydroxylamine groups is 1. The van der Waals surface area contributed by atoms with Crippen molar-refractivity contribution in [2.24, 2.45) is 5.92 Å². The summed E-state index contributed by atoms with van der Waals surface area (Å²) in [5.74, 6) is -0.275. The lowest BCUT2D eigenvalue weighted by atomic mass is 9.89. The molecule has 3 atom stereocenters. The molecule has 4 aromatic rings. The summed E-state index contributed by atoms with van der Waals surface area (Å²) in [6.45, 7) is 0. The van der Waals surface area contributed by atoms with Gasteiger partial charge in [0, 0.05) is 10.9 Å². The zero-order chi connectivity index (χ0) is 26.4. The van der Waals surface area contributed by atoms with Crippen molar-refractivity contribution >= 4 is 34.0 Å². The van der Waals surface area contributed by atoms with E-state index in [9.17, 15) is 9.59 Å². The molecule has 0 spiro atoms.